The van der Waals surface area contributed by atoms with Crippen molar-refractivity contribution in [2.24, 2.45) is 0 Å². The highest BCUT2D eigenvalue weighted by molar-refractivity contribution is 5.75. The van der Waals surface area contributed by atoms with E-state index in [-0.39, 0.29) is 25.0 Å². The number of nitrogens with zero attached hydrogens (tertiary/aromatic N) is 2. The molecule has 0 saturated heterocycles. The molecule has 0 radical (unpaired) electrons. The number of rotatable bonds is 14. The van der Waals surface area contributed by atoms with E-state index in [2.05, 4.69) is 59.5 Å². The van der Waals surface area contributed by atoms with Gasteiger partial charge in [0.2, 0.25) is 0 Å². The Morgan fingerprint density at radius 2 is 1.18 bits per heavy atom. The summed E-state index contributed by atoms with van der Waals surface area (Å²) in [6, 6.07) is 20.8. The van der Waals surface area contributed by atoms with Crippen molar-refractivity contribution in [2.75, 3.05) is 39.4 Å². The van der Waals surface area contributed by atoms with Crippen LogP contribution in [0, 0.1) is 0 Å². The molecular weight excluding hydrogens is 416 g/mol. The Hall–Kier alpha value is -2.96. The fraction of sp³-hybridized carbons (Fsp3) is 0.407. The third-order valence-electron chi connectivity index (χ3n) is 4.99. The van der Waals surface area contributed by atoms with Crippen LogP contribution in [0.25, 0.3) is 0 Å². The minimum absolute atomic E-state index is 0.0512. The largest absolute Gasteiger partial charge is 0.465 e. The summed E-state index contributed by atoms with van der Waals surface area (Å²) in [6.45, 7) is 9.19. The van der Waals surface area contributed by atoms with Crippen molar-refractivity contribution < 1.29 is 19.1 Å². The molecule has 0 bridgehead atoms. The van der Waals surface area contributed by atoms with Crippen LogP contribution in [-0.2, 0) is 32.2 Å². The molecule has 0 unspecified atom stereocenters. The lowest BCUT2D eigenvalue weighted by atomic mass is 10.1. The topological polar surface area (TPSA) is 59.1 Å². The first-order valence-electron chi connectivity index (χ1n) is 11.5. The predicted octanol–water partition coefficient (Wildman–Crippen LogP) is 4.06. The van der Waals surface area contributed by atoms with Crippen LogP contribution in [0.5, 0.6) is 0 Å². The van der Waals surface area contributed by atoms with Crippen LogP contribution in [0.1, 0.15) is 31.9 Å². The zero-order valence-electron chi connectivity index (χ0n) is 20.0. The van der Waals surface area contributed by atoms with Gasteiger partial charge < -0.3 is 9.47 Å². The maximum absolute atomic E-state index is 12.0. The predicted molar refractivity (Wildman–Crippen MR) is 130 cm³/mol. The van der Waals surface area contributed by atoms with Crippen LogP contribution in [0.3, 0.4) is 0 Å². The Morgan fingerprint density at radius 3 is 1.61 bits per heavy atom. The number of carbonyl (C=O) groups is 2. The monoisotopic (exact) mass is 452 g/mol. The summed E-state index contributed by atoms with van der Waals surface area (Å²) in [5.74, 6) is -0.686. The van der Waals surface area contributed by atoms with Crippen molar-refractivity contribution in [1.29, 1.82) is 0 Å². The number of esters is 2. The van der Waals surface area contributed by atoms with E-state index in [1.807, 2.05) is 19.1 Å². The highest BCUT2D eigenvalue weighted by atomic mass is 16.5. The molecule has 2 aromatic rings. The molecule has 0 atom stereocenters. The van der Waals surface area contributed by atoms with Crippen LogP contribution >= 0.6 is 0 Å². The number of hydrogen-bond donors (Lipinski definition) is 0. The molecule has 0 heterocycles. The summed E-state index contributed by atoms with van der Waals surface area (Å²) >= 11 is 0. The maximum atomic E-state index is 12.0. The van der Waals surface area contributed by atoms with Crippen molar-refractivity contribution in [1.82, 2.24) is 9.80 Å². The summed E-state index contributed by atoms with van der Waals surface area (Å²) in [6.07, 6.45) is 2.16. The van der Waals surface area contributed by atoms with Crippen LogP contribution in [0.2, 0.25) is 0 Å². The minimum Gasteiger partial charge on any atom is -0.465 e. The van der Waals surface area contributed by atoms with Gasteiger partial charge in [0.1, 0.15) is 0 Å². The Balaban J connectivity index is 2.06. The Kier molecular flexibility index (Phi) is 11.9. The highest BCUT2D eigenvalue weighted by Crippen LogP contribution is 2.11. The first kappa shape index (κ1) is 26.3. The molecular formula is C27H36N2O4. The van der Waals surface area contributed by atoms with E-state index in [1.54, 1.807) is 18.7 Å². The van der Waals surface area contributed by atoms with Gasteiger partial charge in [-0.2, -0.15) is 0 Å². The minimum atomic E-state index is -0.343. The first-order chi connectivity index (χ1) is 16.0. The average Bonchev–Trinajstić information content (AvgIpc) is 2.79. The summed E-state index contributed by atoms with van der Waals surface area (Å²) in [7, 11) is 0. The number of ether oxygens (including phenoxy) is 2. The first-order valence-corrected chi connectivity index (χ1v) is 11.5. The van der Waals surface area contributed by atoms with Crippen LogP contribution in [0.4, 0.5) is 0 Å². The van der Waals surface area contributed by atoms with Gasteiger partial charge in [0.25, 0.3) is 0 Å². The van der Waals surface area contributed by atoms with Crippen molar-refractivity contribution in [3.8, 4) is 0 Å². The molecule has 0 aromatic heterocycles. The van der Waals surface area contributed by atoms with Crippen molar-refractivity contribution >= 4 is 11.9 Å². The van der Waals surface area contributed by atoms with E-state index < -0.39 is 0 Å². The van der Waals surface area contributed by atoms with Crippen molar-refractivity contribution in [3.05, 3.63) is 83.4 Å². The smallest absolute Gasteiger partial charge is 0.320 e. The molecule has 33 heavy (non-hydrogen) atoms. The lowest BCUT2D eigenvalue weighted by Gasteiger charge is -2.23. The van der Waals surface area contributed by atoms with Crippen LogP contribution in [0.15, 0.2) is 72.3 Å². The summed E-state index contributed by atoms with van der Waals surface area (Å²) in [5, 5.41) is 0. The van der Waals surface area contributed by atoms with E-state index in [1.165, 1.54) is 11.1 Å². The Labute approximate surface area is 197 Å². The normalized spacial score (nSPS) is 11.6. The molecule has 0 aliphatic carbocycles. The third-order valence-corrected chi connectivity index (χ3v) is 4.99. The zero-order valence-corrected chi connectivity index (χ0v) is 20.0. The van der Waals surface area contributed by atoms with E-state index in [4.69, 9.17) is 9.47 Å². The van der Waals surface area contributed by atoms with Crippen LogP contribution in [-0.4, -0.2) is 61.1 Å². The number of hydrogen-bond acceptors (Lipinski definition) is 6. The lowest BCUT2D eigenvalue weighted by molar-refractivity contribution is -0.147. The molecule has 6 heteroatoms. The molecule has 0 fully saturated rings. The molecule has 0 N–H and O–H groups in total. The standard InChI is InChI=1S/C27H36N2O4/c1-4-32-26(30)21-29(22-27(31)33-5-2)18-23(3)16-17-28(19-24-12-8-6-9-13-24)20-25-14-10-7-11-15-25/h6-16H,4-5,17-22H2,1-3H3/b23-16+. The SMILES string of the molecule is CCOC(=O)CN(CC(=O)OCC)C/C(C)=C/CN(Cc1ccccc1)Cc1ccccc1. The van der Waals surface area contributed by atoms with Gasteiger partial charge in [0.15, 0.2) is 0 Å². The van der Waals surface area contributed by atoms with Gasteiger partial charge in [-0.05, 0) is 31.9 Å². The molecule has 0 aliphatic rings. The van der Waals surface area contributed by atoms with Gasteiger partial charge in [-0.3, -0.25) is 19.4 Å². The zero-order chi connectivity index (χ0) is 23.9. The van der Waals surface area contributed by atoms with Gasteiger partial charge >= 0.3 is 11.9 Å². The summed E-state index contributed by atoms with van der Waals surface area (Å²) in [4.78, 5) is 28.1. The quantitative estimate of drug-likeness (QED) is 0.318. The molecule has 2 rings (SSSR count). The average molecular weight is 453 g/mol. The number of carbonyl (C=O) groups excluding carboxylic acids is 2. The van der Waals surface area contributed by atoms with Crippen molar-refractivity contribution in [3.63, 3.8) is 0 Å². The molecule has 178 valence electrons. The Morgan fingerprint density at radius 1 is 0.727 bits per heavy atom. The molecule has 0 saturated carbocycles. The molecule has 0 spiro atoms. The van der Waals surface area contributed by atoms with Gasteiger partial charge in [-0.15, -0.1) is 0 Å². The van der Waals surface area contributed by atoms with E-state index in [9.17, 15) is 9.59 Å². The molecule has 0 aliphatic heterocycles. The van der Waals surface area contributed by atoms with Crippen molar-refractivity contribution in [2.45, 2.75) is 33.9 Å². The highest BCUT2D eigenvalue weighted by Gasteiger charge is 2.16. The van der Waals surface area contributed by atoms with E-state index in [0.29, 0.717) is 19.8 Å². The van der Waals surface area contributed by atoms with Crippen LogP contribution < -0.4 is 0 Å². The fourth-order valence-corrected chi connectivity index (χ4v) is 3.52. The maximum Gasteiger partial charge on any atom is 0.320 e. The molecule has 0 amide bonds. The second kappa shape index (κ2) is 15.0. The number of benzene rings is 2. The fourth-order valence-electron chi connectivity index (χ4n) is 3.52. The second-order valence-electron chi connectivity index (χ2n) is 7.95. The molecule has 6 nitrogen and oxygen atoms in total. The van der Waals surface area contributed by atoms with E-state index >= 15 is 0 Å². The van der Waals surface area contributed by atoms with Gasteiger partial charge in [0, 0.05) is 26.2 Å². The second-order valence-corrected chi connectivity index (χ2v) is 7.95. The van der Waals surface area contributed by atoms with Gasteiger partial charge in [-0.25, -0.2) is 0 Å². The third kappa shape index (κ3) is 10.9. The van der Waals surface area contributed by atoms with Gasteiger partial charge in [0.05, 0.1) is 26.3 Å². The van der Waals surface area contributed by atoms with E-state index in [0.717, 1.165) is 25.2 Å². The Bertz CT molecular complexity index is 807. The van der Waals surface area contributed by atoms with Gasteiger partial charge in [-0.1, -0.05) is 72.3 Å². The summed E-state index contributed by atoms with van der Waals surface area (Å²) in [5.41, 5.74) is 3.59. The molecule has 2 aromatic carbocycles. The summed E-state index contributed by atoms with van der Waals surface area (Å²) < 4.78 is 10.1. The lowest BCUT2D eigenvalue weighted by Crippen LogP contribution is -2.37.